The van der Waals surface area contributed by atoms with Crippen molar-refractivity contribution in [1.82, 2.24) is 19.8 Å². The van der Waals surface area contributed by atoms with Crippen LogP contribution in [-0.4, -0.2) is 56.5 Å². The number of nitrogens with one attached hydrogen (secondary N) is 1. The van der Waals surface area contributed by atoms with E-state index in [1.165, 1.54) is 6.08 Å². The predicted octanol–water partition coefficient (Wildman–Crippen LogP) is 1.52. The van der Waals surface area contributed by atoms with E-state index >= 15 is 0 Å². The first-order chi connectivity index (χ1) is 14.4. The molecule has 4 rings (SSSR count). The molecule has 2 aromatic rings. The molecular weight excluding hydrogens is 382 g/mol. The molecule has 1 aromatic heterocycles. The maximum atomic E-state index is 12.3. The highest BCUT2D eigenvalue weighted by molar-refractivity contribution is 5.87. The Bertz CT molecular complexity index is 1050. The molecule has 1 amide bonds. The maximum Gasteiger partial charge on any atom is 0.347 e. The van der Waals surface area contributed by atoms with Gasteiger partial charge in [-0.05, 0) is 43.2 Å². The Labute approximate surface area is 175 Å². The largest absolute Gasteiger partial charge is 0.508 e. The summed E-state index contributed by atoms with van der Waals surface area (Å²) in [7, 11) is 0. The van der Waals surface area contributed by atoms with Crippen LogP contribution >= 0.6 is 0 Å². The molecule has 1 atom stereocenters. The molecule has 30 heavy (non-hydrogen) atoms. The zero-order valence-electron chi connectivity index (χ0n) is 17.4. The third kappa shape index (κ3) is 3.82. The van der Waals surface area contributed by atoms with E-state index < -0.39 is 0 Å². The number of anilines is 1. The molecule has 1 saturated heterocycles. The van der Waals surface area contributed by atoms with Crippen LogP contribution in [0.15, 0.2) is 35.6 Å². The first-order valence-electron chi connectivity index (χ1n) is 10.2. The van der Waals surface area contributed by atoms with Crippen molar-refractivity contribution >= 4 is 11.7 Å². The summed E-state index contributed by atoms with van der Waals surface area (Å²) >= 11 is 0. The number of carbonyl (C=O) groups is 1. The Balaban J connectivity index is 1.56. The predicted molar refractivity (Wildman–Crippen MR) is 114 cm³/mol. The maximum absolute atomic E-state index is 12.3. The molecule has 3 heterocycles. The summed E-state index contributed by atoms with van der Waals surface area (Å²) in [6.45, 7) is 11.4. The highest BCUT2D eigenvalue weighted by Gasteiger charge is 2.32. The van der Waals surface area contributed by atoms with E-state index in [2.05, 4.69) is 26.3 Å². The van der Waals surface area contributed by atoms with Gasteiger partial charge >= 0.3 is 5.69 Å². The Morgan fingerprint density at radius 2 is 2.17 bits per heavy atom. The van der Waals surface area contributed by atoms with Gasteiger partial charge in [-0.25, -0.2) is 4.79 Å². The highest BCUT2D eigenvalue weighted by atomic mass is 16.3. The van der Waals surface area contributed by atoms with Crippen LogP contribution in [0, 0.1) is 6.92 Å². The molecule has 0 unspecified atom stereocenters. The van der Waals surface area contributed by atoms with Crippen molar-refractivity contribution in [2.45, 2.75) is 39.5 Å². The summed E-state index contributed by atoms with van der Waals surface area (Å²) < 4.78 is 0. The van der Waals surface area contributed by atoms with Crippen LogP contribution in [0.25, 0.3) is 0 Å². The molecule has 0 spiro atoms. The van der Waals surface area contributed by atoms with Gasteiger partial charge in [-0.15, -0.1) is 0 Å². The summed E-state index contributed by atoms with van der Waals surface area (Å²) in [4.78, 5) is 37.6. The van der Waals surface area contributed by atoms with Gasteiger partial charge in [-0.2, -0.15) is 4.98 Å². The Morgan fingerprint density at radius 3 is 2.90 bits per heavy atom. The minimum absolute atomic E-state index is 0.0448. The smallest absolute Gasteiger partial charge is 0.347 e. The molecule has 2 aliphatic heterocycles. The standard InChI is InChI=1S/C22H27N5O3/c1-4-20(29)26-7-8-27(15(3)10-26)21-18-12-25(13-19(18)23-22(30)24-21)11-16-9-17(28)6-5-14(16)2/h4-6,9,15,28H,1,7-8,10-13H2,2-3H3,(H,23,24,30)/t15-/m0/s1. The lowest BCUT2D eigenvalue weighted by Gasteiger charge is -2.40. The second kappa shape index (κ2) is 7.95. The van der Waals surface area contributed by atoms with Crippen molar-refractivity contribution in [3.8, 4) is 5.75 Å². The van der Waals surface area contributed by atoms with Crippen LogP contribution < -0.4 is 10.6 Å². The van der Waals surface area contributed by atoms with Gasteiger partial charge in [0, 0.05) is 56.6 Å². The average Bonchev–Trinajstić information content (AvgIpc) is 3.11. The van der Waals surface area contributed by atoms with E-state index in [1.807, 2.05) is 19.9 Å². The number of fused-ring (bicyclic) bond motifs is 1. The van der Waals surface area contributed by atoms with Crippen molar-refractivity contribution in [3.63, 3.8) is 0 Å². The number of aryl methyl sites for hydroxylation is 1. The van der Waals surface area contributed by atoms with Crippen LogP contribution in [0.2, 0.25) is 0 Å². The molecule has 0 bridgehead atoms. The second-order valence-electron chi connectivity index (χ2n) is 8.11. The van der Waals surface area contributed by atoms with E-state index in [1.54, 1.807) is 17.0 Å². The monoisotopic (exact) mass is 409 g/mol. The van der Waals surface area contributed by atoms with Crippen LogP contribution in [0.1, 0.15) is 29.3 Å². The number of aromatic amines is 1. The first-order valence-corrected chi connectivity index (χ1v) is 10.2. The molecule has 2 N–H and O–H groups in total. The number of nitrogens with zero attached hydrogens (tertiary/aromatic N) is 4. The Hall–Kier alpha value is -3.13. The highest BCUT2D eigenvalue weighted by Crippen LogP contribution is 2.31. The molecule has 1 aromatic carbocycles. The van der Waals surface area contributed by atoms with Gasteiger partial charge in [0.15, 0.2) is 0 Å². The summed E-state index contributed by atoms with van der Waals surface area (Å²) in [5.41, 5.74) is 3.75. The van der Waals surface area contributed by atoms with Crippen molar-refractivity contribution in [1.29, 1.82) is 0 Å². The molecule has 2 aliphatic rings. The Kier molecular flexibility index (Phi) is 5.34. The zero-order chi connectivity index (χ0) is 21.4. The lowest BCUT2D eigenvalue weighted by molar-refractivity contribution is -0.126. The lowest BCUT2D eigenvalue weighted by atomic mass is 10.1. The number of hydrogen-bond donors (Lipinski definition) is 2. The number of phenols is 1. The Morgan fingerprint density at radius 1 is 1.37 bits per heavy atom. The number of amides is 1. The van der Waals surface area contributed by atoms with Gasteiger partial charge in [0.1, 0.15) is 11.6 Å². The van der Waals surface area contributed by atoms with Gasteiger partial charge in [0.2, 0.25) is 5.91 Å². The molecule has 8 heteroatoms. The fourth-order valence-electron chi connectivity index (χ4n) is 4.36. The quantitative estimate of drug-likeness (QED) is 0.744. The molecule has 0 radical (unpaired) electrons. The van der Waals surface area contributed by atoms with Gasteiger partial charge in [0.25, 0.3) is 0 Å². The molecular formula is C22H27N5O3. The molecule has 158 valence electrons. The van der Waals surface area contributed by atoms with E-state index in [0.29, 0.717) is 45.1 Å². The topological polar surface area (TPSA) is 92.8 Å². The number of piperazine rings is 1. The van der Waals surface area contributed by atoms with Gasteiger partial charge in [0.05, 0.1) is 0 Å². The average molecular weight is 409 g/mol. The zero-order valence-corrected chi connectivity index (χ0v) is 17.4. The van der Waals surface area contributed by atoms with E-state index in [4.69, 9.17) is 0 Å². The molecule has 0 aliphatic carbocycles. The fraction of sp³-hybridized carbons (Fsp3) is 0.409. The van der Waals surface area contributed by atoms with Crippen LogP contribution in [-0.2, 0) is 24.4 Å². The molecule has 1 fully saturated rings. The van der Waals surface area contributed by atoms with E-state index in [0.717, 1.165) is 22.4 Å². The third-order valence-electron chi connectivity index (χ3n) is 5.98. The number of aromatic hydroxyl groups is 1. The lowest BCUT2D eigenvalue weighted by Crippen LogP contribution is -2.54. The summed E-state index contributed by atoms with van der Waals surface area (Å²) in [5.74, 6) is 0.893. The van der Waals surface area contributed by atoms with Gasteiger partial charge in [-0.1, -0.05) is 12.6 Å². The number of aromatic nitrogens is 2. The first kappa shape index (κ1) is 20.2. The molecule has 0 saturated carbocycles. The third-order valence-corrected chi connectivity index (χ3v) is 5.98. The van der Waals surface area contributed by atoms with E-state index in [9.17, 15) is 14.7 Å². The number of hydrogen-bond acceptors (Lipinski definition) is 6. The number of rotatable bonds is 4. The summed E-state index contributed by atoms with van der Waals surface area (Å²) in [6.07, 6.45) is 1.34. The van der Waals surface area contributed by atoms with Crippen molar-refractivity contribution < 1.29 is 9.90 Å². The van der Waals surface area contributed by atoms with Gasteiger partial charge < -0.3 is 19.9 Å². The van der Waals surface area contributed by atoms with E-state index in [-0.39, 0.29) is 23.4 Å². The minimum Gasteiger partial charge on any atom is -0.508 e. The van der Waals surface area contributed by atoms with Crippen molar-refractivity contribution in [2.75, 3.05) is 24.5 Å². The van der Waals surface area contributed by atoms with Crippen molar-refractivity contribution in [3.05, 3.63) is 63.7 Å². The van der Waals surface area contributed by atoms with Crippen LogP contribution in [0.4, 0.5) is 5.82 Å². The molecule has 8 nitrogen and oxygen atoms in total. The number of benzene rings is 1. The van der Waals surface area contributed by atoms with Crippen LogP contribution in [0.3, 0.4) is 0 Å². The van der Waals surface area contributed by atoms with Crippen molar-refractivity contribution in [2.24, 2.45) is 0 Å². The minimum atomic E-state index is -0.351. The number of carbonyl (C=O) groups excluding carboxylic acids is 1. The van der Waals surface area contributed by atoms with Crippen LogP contribution in [0.5, 0.6) is 5.75 Å². The summed E-state index contributed by atoms with van der Waals surface area (Å²) in [5, 5.41) is 9.83. The SMILES string of the molecule is C=CC(=O)N1CCN(c2nc(=O)[nH]c3c2CN(Cc2cc(O)ccc2C)C3)[C@@H](C)C1. The van der Waals surface area contributed by atoms with Gasteiger partial charge in [-0.3, -0.25) is 9.69 Å². The fourth-order valence-corrected chi connectivity index (χ4v) is 4.36. The second-order valence-corrected chi connectivity index (χ2v) is 8.11. The normalized spacial score (nSPS) is 19.1. The number of phenolic OH excluding ortho intramolecular Hbond substituents is 1. The number of H-pyrrole nitrogens is 1. The summed E-state index contributed by atoms with van der Waals surface area (Å²) in [6, 6.07) is 5.44.